The highest BCUT2D eigenvalue weighted by Crippen LogP contribution is 2.29. The molecular formula is C15H19NO2. The van der Waals surface area contributed by atoms with Crippen LogP contribution in [-0.4, -0.2) is 11.1 Å². The number of carbonyl (C=O) groups is 1. The minimum atomic E-state index is -1.42. The molecule has 1 aromatic carbocycles. The number of hydrogen-bond donors (Lipinski definition) is 1. The van der Waals surface area contributed by atoms with Crippen LogP contribution < -0.4 is 0 Å². The van der Waals surface area contributed by atoms with Gasteiger partial charge in [-0.25, -0.2) is 0 Å². The molecule has 18 heavy (non-hydrogen) atoms. The van der Waals surface area contributed by atoms with Crippen LogP contribution in [0.15, 0.2) is 24.3 Å². The summed E-state index contributed by atoms with van der Waals surface area (Å²) in [7, 11) is 0. The van der Waals surface area contributed by atoms with Crippen LogP contribution in [0, 0.1) is 11.3 Å². The zero-order valence-electron chi connectivity index (χ0n) is 11.1. The summed E-state index contributed by atoms with van der Waals surface area (Å²) in [4.78, 5) is 11.3. The maximum Gasteiger partial charge on any atom is 0.328 e. The number of nitrogens with zero attached hydrogens (tertiary/aromatic N) is 1. The normalized spacial score (nSPS) is 15.4. The standard InChI is InChI=1S/C15H19NO2/c1-4-11(3)12-6-8-13(9-7-12)15(5-2,10-16)14(17)18/h6-9,11H,4-5H2,1-3H3,(H,17,18). The largest absolute Gasteiger partial charge is 0.480 e. The molecule has 1 rings (SSSR count). The van der Waals surface area contributed by atoms with E-state index in [1.54, 1.807) is 19.1 Å². The Morgan fingerprint density at radius 1 is 1.39 bits per heavy atom. The van der Waals surface area contributed by atoms with Crippen molar-refractivity contribution in [2.45, 2.75) is 44.9 Å². The lowest BCUT2D eigenvalue weighted by molar-refractivity contribution is -0.141. The molecule has 0 aliphatic heterocycles. The van der Waals surface area contributed by atoms with E-state index in [1.807, 2.05) is 18.2 Å². The van der Waals surface area contributed by atoms with E-state index in [-0.39, 0.29) is 6.42 Å². The fourth-order valence-electron chi connectivity index (χ4n) is 2.00. The fraction of sp³-hybridized carbons (Fsp3) is 0.467. The van der Waals surface area contributed by atoms with Crippen LogP contribution in [0.4, 0.5) is 0 Å². The number of rotatable bonds is 5. The summed E-state index contributed by atoms with van der Waals surface area (Å²) < 4.78 is 0. The quantitative estimate of drug-likeness (QED) is 0.864. The Hall–Kier alpha value is -1.82. The Morgan fingerprint density at radius 2 is 1.94 bits per heavy atom. The summed E-state index contributed by atoms with van der Waals surface area (Å²) in [5.74, 6) is -0.634. The van der Waals surface area contributed by atoms with E-state index in [4.69, 9.17) is 0 Å². The van der Waals surface area contributed by atoms with Crippen LogP contribution in [0.5, 0.6) is 0 Å². The van der Waals surface area contributed by atoms with Gasteiger partial charge in [-0.2, -0.15) is 5.26 Å². The number of benzene rings is 1. The number of carboxylic acids is 1. The van der Waals surface area contributed by atoms with Crippen LogP contribution in [-0.2, 0) is 10.2 Å². The molecule has 0 saturated heterocycles. The number of carboxylic acid groups (broad SMARTS) is 1. The minimum absolute atomic E-state index is 0.265. The van der Waals surface area contributed by atoms with Crippen LogP contribution >= 0.6 is 0 Å². The van der Waals surface area contributed by atoms with Crippen LogP contribution in [0.3, 0.4) is 0 Å². The molecule has 0 aliphatic rings. The molecule has 3 nitrogen and oxygen atoms in total. The van der Waals surface area contributed by atoms with Gasteiger partial charge in [0.05, 0.1) is 6.07 Å². The molecule has 2 unspecified atom stereocenters. The van der Waals surface area contributed by atoms with Gasteiger partial charge in [0, 0.05) is 0 Å². The summed E-state index contributed by atoms with van der Waals surface area (Å²) >= 11 is 0. The van der Waals surface area contributed by atoms with Crippen molar-refractivity contribution in [3.8, 4) is 6.07 Å². The second-order valence-corrected chi connectivity index (χ2v) is 4.61. The molecule has 0 saturated carbocycles. The van der Waals surface area contributed by atoms with Gasteiger partial charge in [-0.1, -0.05) is 45.0 Å². The molecule has 0 heterocycles. The van der Waals surface area contributed by atoms with Gasteiger partial charge in [-0.15, -0.1) is 0 Å². The summed E-state index contributed by atoms with van der Waals surface area (Å²) in [6.07, 6.45) is 1.30. The van der Waals surface area contributed by atoms with E-state index < -0.39 is 11.4 Å². The lowest BCUT2D eigenvalue weighted by Gasteiger charge is -2.21. The highest BCUT2D eigenvalue weighted by atomic mass is 16.4. The van der Waals surface area contributed by atoms with E-state index in [0.717, 1.165) is 6.42 Å². The fourth-order valence-corrected chi connectivity index (χ4v) is 2.00. The first-order valence-electron chi connectivity index (χ1n) is 6.26. The van der Waals surface area contributed by atoms with Crippen molar-refractivity contribution < 1.29 is 9.90 Å². The van der Waals surface area contributed by atoms with Crippen molar-refractivity contribution in [3.05, 3.63) is 35.4 Å². The predicted octanol–water partition coefficient (Wildman–Crippen LogP) is 3.46. The summed E-state index contributed by atoms with van der Waals surface area (Å²) in [5.41, 5.74) is 0.315. The van der Waals surface area contributed by atoms with Gasteiger partial charge in [0.2, 0.25) is 0 Å². The molecular weight excluding hydrogens is 226 g/mol. The maximum absolute atomic E-state index is 11.3. The second-order valence-electron chi connectivity index (χ2n) is 4.61. The van der Waals surface area contributed by atoms with Gasteiger partial charge in [0.1, 0.15) is 0 Å². The number of nitriles is 1. The lowest BCUT2D eigenvalue weighted by Crippen LogP contribution is -2.33. The predicted molar refractivity (Wildman–Crippen MR) is 70.4 cm³/mol. The van der Waals surface area contributed by atoms with E-state index in [9.17, 15) is 15.2 Å². The molecule has 0 fully saturated rings. The molecule has 96 valence electrons. The Kier molecular flexibility index (Phi) is 4.49. The van der Waals surface area contributed by atoms with Crippen molar-refractivity contribution in [3.63, 3.8) is 0 Å². The molecule has 3 heteroatoms. The van der Waals surface area contributed by atoms with Gasteiger partial charge in [0.15, 0.2) is 5.41 Å². The summed E-state index contributed by atoms with van der Waals surface area (Å²) in [5, 5.41) is 18.5. The minimum Gasteiger partial charge on any atom is -0.480 e. The monoisotopic (exact) mass is 245 g/mol. The van der Waals surface area contributed by atoms with E-state index in [0.29, 0.717) is 11.5 Å². The van der Waals surface area contributed by atoms with Crippen molar-refractivity contribution in [2.24, 2.45) is 0 Å². The molecule has 0 aromatic heterocycles. The summed E-state index contributed by atoms with van der Waals surface area (Å²) in [6, 6.07) is 9.33. The molecule has 1 aromatic rings. The van der Waals surface area contributed by atoms with E-state index in [1.165, 1.54) is 5.56 Å². The third-order valence-electron chi connectivity index (χ3n) is 3.67. The highest BCUT2D eigenvalue weighted by molar-refractivity contribution is 5.85. The molecule has 2 atom stereocenters. The first-order valence-corrected chi connectivity index (χ1v) is 6.26. The van der Waals surface area contributed by atoms with Crippen molar-refractivity contribution >= 4 is 5.97 Å². The average Bonchev–Trinajstić information content (AvgIpc) is 2.40. The Labute approximate surface area is 108 Å². The van der Waals surface area contributed by atoms with Crippen molar-refractivity contribution in [2.75, 3.05) is 0 Å². The Bertz CT molecular complexity index is 458. The number of hydrogen-bond acceptors (Lipinski definition) is 2. The van der Waals surface area contributed by atoms with Crippen LogP contribution in [0.1, 0.15) is 50.7 Å². The zero-order chi connectivity index (χ0) is 13.8. The highest BCUT2D eigenvalue weighted by Gasteiger charge is 2.39. The molecule has 0 spiro atoms. The van der Waals surface area contributed by atoms with Gasteiger partial charge < -0.3 is 5.11 Å². The summed E-state index contributed by atoms with van der Waals surface area (Å²) in [6.45, 7) is 5.96. The SMILES string of the molecule is CCC(C)c1ccc(C(C#N)(CC)C(=O)O)cc1. The average molecular weight is 245 g/mol. The molecule has 0 amide bonds. The maximum atomic E-state index is 11.3. The molecule has 0 bridgehead atoms. The first kappa shape index (κ1) is 14.2. The van der Waals surface area contributed by atoms with Gasteiger partial charge >= 0.3 is 5.97 Å². The second kappa shape index (κ2) is 5.68. The molecule has 0 aliphatic carbocycles. The zero-order valence-corrected chi connectivity index (χ0v) is 11.1. The topological polar surface area (TPSA) is 61.1 Å². The molecule has 0 radical (unpaired) electrons. The Balaban J connectivity index is 3.18. The van der Waals surface area contributed by atoms with Gasteiger partial charge in [-0.05, 0) is 29.9 Å². The van der Waals surface area contributed by atoms with E-state index >= 15 is 0 Å². The van der Waals surface area contributed by atoms with Gasteiger partial charge in [-0.3, -0.25) is 4.79 Å². The van der Waals surface area contributed by atoms with E-state index in [2.05, 4.69) is 13.8 Å². The first-order chi connectivity index (χ1) is 8.51. The van der Waals surface area contributed by atoms with Crippen LogP contribution in [0.2, 0.25) is 0 Å². The number of aliphatic carboxylic acids is 1. The van der Waals surface area contributed by atoms with Crippen molar-refractivity contribution in [1.29, 1.82) is 5.26 Å². The van der Waals surface area contributed by atoms with Crippen LogP contribution in [0.25, 0.3) is 0 Å². The van der Waals surface area contributed by atoms with Gasteiger partial charge in [0.25, 0.3) is 0 Å². The third kappa shape index (κ3) is 2.38. The van der Waals surface area contributed by atoms with Crippen molar-refractivity contribution in [1.82, 2.24) is 0 Å². The Morgan fingerprint density at radius 3 is 2.28 bits per heavy atom. The molecule has 1 N–H and O–H groups in total. The third-order valence-corrected chi connectivity index (χ3v) is 3.67. The smallest absolute Gasteiger partial charge is 0.328 e. The lowest BCUT2D eigenvalue weighted by atomic mass is 9.79.